The van der Waals surface area contributed by atoms with Gasteiger partial charge in [-0.1, -0.05) is 18.2 Å². The van der Waals surface area contributed by atoms with Crippen LogP contribution in [0.3, 0.4) is 0 Å². The van der Waals surface area contributed by atoms with Gasteiger partial charge in [0.15, 0.2) is 21.4 Å². The minimum atomic E-state index is -3.42. The standard InChI is InChI=1S/C25H25N5O4S/c1-16(34-23-12-19(13-27-24(23)26)20-14-28-30(2)15-20)17-6-4-8-21(10-17)29-25(31)18-7-5-9-22(11-18)35(3,32)33/h4-16H,1-3H3,(H2,26,27)(H,29,31)/t16-/m1/s1. The van der Waals surface area contributed by atoms with Gasteiger partial charge in [0.05, 0.1) is 11.1 Å². The van der Waals surface area contributed by atoms with Crippen molar-refractivity contribution in [3.05, 3.63) is 84.3 Å². The summed E-state index contributed by atoms with van der Waals surface area (Å²) in [5, 5.41) is 6.98. The molecule has 9 nitrogen and oxygen atoms in total. The van der Waals surface area contributed by atoms with Gasteiger partial charge in [-0.05, 0) is 48.9 Å². The summed E-state index contributed by atoms with van der Waals surface area (Å²) in [5.74, 6) is 0.282. The number of nitrogens with zero attached hydrogens (tertiary/aromatic N) is 3. The molecule has 3 N–H and O–H groups in total. The summed E-state index contributed by atoms with van der Waals surface area (Å²) in [6.45, 7) is 1.87. The first-order valence-electron chi connectivity index (χ1n) is 10.7. The Morgan fingerprint density at radius 3 is 2.57 bits per heavy atom. The zero-order valence-electron chi connectivity index (χ0n) is 19.5. The highest BCUT2D eigenvalue weighted by Gasteiger charge is 2.15. The molecule has 2 aromatic carbocycles. The van der Waals surface area contributed by atoms with E-state index >= 15 is 0 Å². The van der Waals surface area contributed by atoms with Gasteiger partial charge in [0.2, 0.25) is 0 Å². The number of anilines is 2. The number of nitrogens with one attached hydrogen (secondary N) is 1. The first-order chi connectivity index (χ1) is 16.6. The largest absolute Gasteiger partial charge is 0.482 e. The number of aryl methyl sites for hydroxylation is 1. The lowest BCUT2D eigenvalue weighted by atomic mass is 10.1. The number of carbonyl (C=O) groups is 1. The molecule has 2 heterocycles. The van der Waals surface area contributed by atoms with E-state index in [2.05, 4.69) is 15.4 Å². The predicted molar refractivity (Wildman–Crippen MR) is 134 cm³/mol. The number of ether oxygens (including phenoxy) is 1. The highest BCUT2D eigenvalue weighted by Crippen LogP contribution is 2.31. The van der Waals surface area contributed by atoms with Crippen LogP contribution in [0.1, 0.15) is 28.9 Å². The molecule has 180 valence electrons. The van der Waals surface area contributed by atoms with Gasteiger partial charge >= 0.3 is 0 Å². The van der Waals surface area contributed by atoms with Gasteiger partial charge in [-0.2, -0.15) is 5.10 Å². The fourth-order valence-corrected chi connectivity index (χ4v) is 4.14. The molecule has 1 atom stereocenters. The molecule has 0 aliphatic rings. The van der Waals surface area contributed by atoms with E-state index in [0.29, 0.717) is 11.4 Å². The van der Waals surface area contributed by atoms with Gasteiger partial charge in [-0.25, -0.2) is 13.4 Å². The molecule has 0 unspecified atom stereocenters. The molecule has 10 heteroatoms. The van der Waals surface area contributed by atoms with Crippen molar-refractivity contribution in [3.63, 3.8) is 0 Å². The van der Waals surface area contributed by atoms with E-state index in [1.807, 2.05) is 32.3 Å². The minimum absolute atomic E-state index is 0.0839. The number of rotatable bonds is 7. The summed E-state index contributed by atoms with van der Waals surface area (Å²) in [6, 6.07) is 14.9. The number of carbonyl (C=O) groups excluding carboxylic acids is 1. The van der Waals surface area contributed by atoms with Gasteiger partial charge < -0.3 is 15.8 Å². The molecule has 0 radical (unpaired) electrons. The number of sulfone groups is 1. The van der Waals surface area contributed by atoms with E-state index in [1.54, 1.807) is 41.3 Å². The van der Waals surface area contributed by atoms with Gasteiger partial charge in [0.25, 0.3) is 5.91 Å². The number of hydrogen-bond donors (Lipinski definition) is 2. The Labute approximate surface area is 203 Å². The molecule has 0 saturated heterocycles. The molecule has 0 aliphatic heterocycles. The monoisotopic (exact) mass is 491 g/mol. The molecular formula is C25H25N5O4S. The number of nitrogens with two attached hydrogens (primary N) is 1. The maximum absolute atomic E-state index is 12.7. The molecule has 0 aliphatic carbocycles. The SMILES string of the molecule is C[C@@H](Oc1cc(-c2cnn(C)c2)cnc1N)c1cccc(NC(=O)c2cccc(S(C)(=O)=O)c2)c1. The van der Waals surface area contributed by atoms with Crippen molar-refractivity contribution in [1.82, 2.24) is 14.8 Å². The van der Waals surface area contributed by atoms with E-state index in [0.717, 1.165) is 22.9 Å². The minimum Gasteiger partial charge on any atom is -0.482 e. The zero-order chi connectivity index (χ0) is 25.2. The molecule has 4 rings (SSSR count). The van der Waals surface area contributed by atoms with Crippen LogP contribution in [-0.2, 0) is 16.9 Å². The lowest BCUT2D eigenvalue weighted by Crippen LogP contribution is -2.13. The highest BCUT2D eigenvalue weighted by atomic mass is 32.2. The van der Waals surface area contributed by atoms with Crippen LogP contribution < -0.4 is 15.8 Å². The fourth-order valence-electron chi connectivity index (χ4n) is 3.48. The maximum atomic E-state index is 12.7. The first kappa shape index (κ1) is 24.0. The normalized spacial score (nSPS) is 12.2. The second-order valence-electron chi connectivity index (χ2n) is 8.15. The number of nitrogen functional groups attached to an aromatic ring is 1. The highest BCUT2D eigenvalue weighted by molar-refractivity contribution is 7.90. The molecule has 35 heavy (non-hydrogen) atoms. The average Bonchev–Trinajstić information content (AvgIpc) is 3.26. The third-order valence-electron chi connectivity index (χ3n) is 5.36. The second-order valence-corrected chi connectivity index (χ2v) is 10.2. The quantitative estimate of drug-likeness (QED) is 0.401. The van der Waals surface area contributed by atoms with Crippen molar-refractivity contribution in [3.8, 4) is 16.9 Å². The van der Waals surface area contributed by atoms with Crippen molar-refractivity contribution >= 4 is 27.2 Å². The smallest absolute Gasteiger partial charge is 0.255 e. The molecular weight excluding hydrogens is 466 g/mol. The van der Waals surface area contributed by atoms with Crippen molar-refractivity contribution in [2.45, 2.75) is 17.9 Å². The molecule has 0 saturated carbocycles. The van der Waals surface area contributed by atoms with Crippen LogP contribution in [0, 0.1) is 0 Å². The summed E-state index contributed by atoms with van der Waals surface area (Å²) >= 11 is 0. The van der Waals surface area contributed by atoms with Crippen molar-refractivity contribution in [2.24, 2.45) is 7.05 Å². The lowest BCUT2D eigenvalue weighted by Gasteiger charge is -2.17. The third-order valence-corrected chi connectivity index (χ3v) is 6.47. The van der Waals surface area contributed by atoms with E-state index in [-0.39, 0.29) is 16.3 Å². The Morgan fingerprint density at radius 2 is 1.86 bits per heavy atom. The van der Waals surface area contributed by atoms with E-state index in [1.165, 1.54) is 18.2 Å². The van der Waals surface area contributed by atoms with E-state index < -0.39 is 21.8 Å². The maximum Gasteiger partial charge on any atom is 0.255 e. The van der Waals surface area contributed by atoms with Crippen LogP contribution in [0.25, 0.3) is 11.1 Å². The van der Waals surface area contributed by atoms with Crippen LogP contribution >= 0.6 is 0 Å². The van der Waals surface area contributed by atoms with Crippen molar-refractivity contribution in [1.29, 1.82) is 0 Å². The third kappa shape index (κ3) is 5.67. The van der Waals surface area contributed by atoms with Crippen LogP contribution in [0.4, 0.5) is 11.5 Å². The number of aromatic nitrogens is 3. The molecule has 1 amide bonds. The molecule has 4 aromatic rings. The molecule has 0 fully saturated rings. The van der Waals surface area contributed by atoms with Gasteiger partial charge in [0, 0.05) is 48.1 Å². The molecule has 0 spiro atoms. The number of benzene rings is 2. The van der Waals surface area contributed by atoms with Crippen LogP contribution in [0.15, 0.2) is 78.1 Å². The van der Waals surface area contributed by atoms with Gasteiger partial charge in [-0.15, -0.1) is 0 Å². The summed E-state index contributed by atoms with van der Waals surface area (Å²) in [6.07, 6.45) is 5.98. The predicted octanol–water partition coefficient (Wildman–Crippen LogP) is 3.86. The average molecular weight is 492 g/mol. The summed E-state index contributed by atoms with van der Waals surface area (Å²) in [7, 11) is -1.58. The van der Waals surface area contributed by atoms with Crippen LogP contribution in [-0.4, -0.2) is 35.3 Å². The van der Waals surface area contributed by atoms with Gasteiger partial charge in [-0.3, -0.25) is 9.48 Å². The summed E-state index contributed by atoms with van der Waals surface area (Å²) < 4.78 is 31.4. The van der Waals surface area contributed by atoms with Crippen LogP contribution in [0.5, 0.6) is 5.75 Å². The summed E-state index contributed by atoms with van der Waals surface area (Å²) in [4.78, 5) is 17.0. The Balaban J connectivity index is 1.51. The fraction of sp³-hybridized carbons (Fsp3) is 0.160. The molecule has 2 aromatic heterocycles. The Hall–Kier alpha value is -4.18. The number of amides is 1. The van der Waals surface area contributed by atoms with E-state index in [9.17, 15) is 13.2 Å². The Morgan fingerprint density at radius 1 is 1.09 bits per heavy atom. The second kappa shape index (κ2) is 9.59. The topological polar surface area (TPSA) is 129 Å². The Kier molecular flexibility index (Phi) is 6.57. The number of hydrogen-bond acceptors (Lipinski definition) is 7. The van der Waals surface area contributed by atoms with Crippen molar-refractivity contribution in [2.75, 3.05) is 17.3 Å². The zero-order valence-corrected chi connectivity index (χ0v) is 20.3. The summed E-state index contributed by atoms with van der Waals surface area (Å²) in [5.41, 5.74) is 9.35. The van der Waals surface area contributed by atoms with Crippen LogP contribution in [0.2, 0.25) is 0 Å². The Bertz CT molecular complexity index is 1500. The van der Waals surface area contributed by atoms with Crippen molar-refractivity contribution < 1.29 is 17.9 Å². The van der Waals surface area contributed by atoms with Gasteiger partial charge in [0.1, 0.15) is 6.10 Å². The number of pyridine rings is 1. The lowest BCUT2D eigenvalue weighted by molar-refractivity contribution is 0.102. The molecule has 0 bridgehead atoms. The first-order valence-corrected chi connectivity index (χ1v) is 12.6. The van der Waals surface area contributed by atoms with E-state index in [4.69, 9.17) is 10.5 Å².